The van der Waals surface area contributed by atoms with Crippen molar-refractivity contribution >= 4 is 29.1 Å². The molecule has 7 heteroatoms. The van der Waals surface area contributed by atoms with E-state index >= 15 is 0 Å². The maximum absolute atomic E-state index is 12.4. The van der Waals surface area contributed by atoms with Gasteiger partial charge in [0.2, 0.25) is 0 Å². The minimum absolute atomic E-state index is 0.162. The highest BCUT2D eigenvalue weighted by molar-refractivity contribution is 6.03. The quantitative estimate of drug-likeness (QED) is 0.657. The van der Waals surface area contributed by atoms with Crippen molar-refractivity contribution in [3.8, 4) is 0 Å². The molecule has 0 aliphatic rings. The summed E-state index contributed by atoms with van der Waals surface area (Å²) < 4.78 is 4.68. The molecule has 1 aromatic heterocycles. The lowest BCUT2D eigenvalue weighted by Crippen LogP contribution is -2.15. The van der Waals surface area contributed by atoms with Crippen LogP contribution in [0.25, 0.3) is 0 Å². The van der Waals surface area contributed by atoms with Gasteiger partial charge in [-0.05, 0) is 55.8 Å². The largest absolute Gasteiger partial charge is 0.465 e. The van der Waals surface area contributed by atoms with Gasteiger partial charge in [0.15, 0.2) is 11.5 Å². The number of nitrogens with zero attached hydrogens (tertiary/aromatic N) is 2. The molecule has 28 heavy (non-hydrogen) atoms. The Labute approximate surface area is 162 Å². The number of hydrogen-bond donors (Lipinski definition) is 2. The number of hydrogen-bond acceptors (Lipinski definition) is 6. The number of anilines is 3. The van der Waals surface area contributed by atoms with Crippen molar-refractivity contribution in [2.75, 3.05) is 17.7 Å². The standard InChI is InChI=1S/C21H20N4O3/c1-13-7-8-17(14(2)11-13)23-19-10-9-18(24-25-19)20(26)22-16-6-4-5-15(12-16)21(27)28-3/h4-12H,1-3H3,(H,22,26)(H,23,25). The second-order valence-electron chi connectivity index (χ2n) is 6.27. The molecular weight excluding hydrogens is 356 g/mol. The number of amides is 1. The normalized spacial score (nSPS) is 10.2. The molecule has 0 saturated carbocycles. The lowest BCUT2D eigenvalue weighted by atomic mass is 10.1. The summed E-state index contributed by atoms with van der Waals surface area (Å²) in [6, 6.07) is 15.8. The van der Waals surface area contributed by atoms with Gasteiger partial charge < -0.3 is 15.4 Å². The number of carbonyl (C=O) groups is 2. The average molecular weight is 376 g/mol. The van der Waals surface area contributed by atoms with E-state index in [-0.39, 0.29) is 5.69 Å². The third-order valence-electron chi connectivity index (χ3n) is 4.08. The number of ether oxygens (including phenoxy) is 1. The lowest BCUT2D eigenvalue weighted by Gasteiger charge is -2.10. The first kappa shape index (κ1) is 19.0. The summed E-state index contributed by atoms with van der Waals surface area (Å²) >= 11 is 0. The Balaban J connectivity index is 1.69. The van der Waals surface area contributed by atoms with Crippen molar-refractivity contribution in [2.45, 2.75) is 13.8 Å². The van der Waals surface area contributed by atoms with E-state index < -0.39 is 11.9 Å². The molecule has 0 spiro atoms. The zero-order valence-corrected chi connectivity index (χ0v) is 15.8. The number of methoxy groups -OCH3 is 1. The van der Waals surface area contributed by atoms with Crippen LogP contribution in [0.3, 0.4) is 0 Å². The molecule has 0 unspecified atom stereocenters. The van der Waals surface area contributed by atoms with E-state index in [0.717, 1.165) is 11.3 Å². The van der Waals surface area contributed by atoms with Crippen LogP contribution in [0.15, 0.2) is 54.6 Å². The zero-order chi connectivity index (χ0) is 20.1. The van der Waals surface area contributed by atoms with E-state index in [2.05, 4.69) is 31.6 Å². The van der Waals surface area contributed by atoms with Gasteiger partial charge in [-0.15, -0.1) is 10.2 Å². The number of benzene rings is 2. The molecule has 0 aliphatic heterocycles. The first-order valence-corrected chi connectivity index (χ1v) is 8.64. The van der Waals surface area contributed by atoms with Crippen molar-refractivity contribution in [1.82, 2.24) is 10.2 Å². The summed E-state index contributed by atoms with van der Waals surface area (Å²) in [5, 5.41) is 13.9. The molecule has 0 bridgehead atoms. The summed E-state index contributed by atoms with van der Waals surface area (Å²) in [7, 11) is 1.30. The number of rotatable bonds is 5. The summed E-state index contributed by atoms with van der Waals surface area (Å²) in [5.74, 6) is -0.360. The maximum atomic E-state index is 12.4. The third kappa shape index (κ3) is 4.50. The van der Waals surface area contributed by atoms with Crippen molar-refractivity contribution < 1.29 is 14.3 Å². The first-order chi connectivity index (χ1) is 13.5. The van der Waals surface area contributed by atoms with E-state index in [1.807, 2.05) is 26.0 Å². The highest BCUT2D eigenvalue weighted by atomic mass is 16.5. The average Bonchev–Trinajstić information content (AvgIpc) is 2.70. The lowest BCUT2D eigenvalue weighted by molar-refractivity contribution is 0.0600. The topological polar surface area (TPSA) is 93.2 Å². The zero-order valence-electron chi connectivity index (χ0n) is 15.8. The fraction of sp³-hybridized carbons (Fsp3) is 0.143. The van der Waals surface area contributed by atoms with Crippen LogP contribution in [0, 0.1) is 13.8 Å². The Morgan fingerprint density at radius 3 is 2.46 bits per heavy atom. The minimum Gasteiger partial charge on any atom is -0.465 e. The Morgan fingerprint density at radius 1 is 0.964 bits per heavy atom. The van der Waals surface area contributed by atoms with Crippen LogP contribution < -0.4 is 10.6 Å². The molecule has 0 aliphatic carbocycles. The van der Waals surface area contributed by atoms with Crippen LogP contribution in [0.2, 0.25) is 0 Å². The van der Waals surface area contributed by atoms with Gasteiger partial charge in [0.25, 0.3) is 5.91 Å². The molecular formula is C21H20N4O3. The molecule has 142 valence electrons. The van der Waals surface area contributed by atoms with Gasteiger partial charge in [0, 0.05) is 11.4 Å². The summed E-state index contributed by atoms with van der Waals surface area (Å²) in [6.07, 6.45) is 0. The number of nitrogens with one attached hydrogen (secondary N) is 2. The summed E-state index contributed by atoms with van der Waals surface area (Å²) in [5.41, 5.74) is 4.17. The Bertz CT molecular complexity index is 1020. The molecule has 0 radical (unpaired) electrons. The summed E-state index contributed by atoms with van der Waals surface area (Å²) in [6.45, 7) is 4.04. The third-order valence-corrected chi connectivity index (χ3v) is 4.08. The van der Waals surface area contributed by atoms with Gasteiger partial charge >= 0.3 is 5.97 Å². The molecule has 0 saturated heterocycles. The van der Waals surface area contributed by atoms with E-state index in [1.54, 1.807) is 30.3 Å². The number of aromatic nitrogens is 2. The molecule has 3 aromatic rings. The minimum atomic E-state index is -0.474. The fourth-order valence-corrected chi connectivity index (χ4v) is 2.65. The predicted octanol–water partition coefficient (Wildman–Crippen LogP) is 3.88. The van der Waals surface area contributed by atoms with E-state index in [1.165, 1.54) is 18.7 Å². The van der Waals surface area contributed by atoms with Crippen LogP contribution >= 0.6 is 0 Å². The fourth-order valence-electron chi connectivity index (χ4n) is 2.65. The van der Waals surface area contributed by atoms with Crippen LogP contribution in [0.5, 0.6) is 0 Å². The van der Waals surface area contributed by atoms with Crippen molar-refractivity contribution in [2.24, 2.45) is 0 Å². The second-order valence-corrected chi connectivity index (χ2v) is 6.27. The molecule has 3 rings (SSSR count). The van der Waals surface area contributed by atoms with Crippen LogP contribution in [-0.4, -0.2) is 29.2 Å². The molecule has 7 nitrogen and oxygen atoms in total. The molecule has 1 heterocycles. The van der Waals surface area contributed by atoms with Crippen LogP contribution in [0.4, 0.5) is 17.2 Å². The molecule has 0 atom stereocenters. The van der Waals surface area contributed by atoms with Gasteiger partial charge in [-0.25, -0.2) is 4.79 Å². The number of aryl methyl sites for hydroxylation is 2. The highest BCUT2D eigenvalue weighted by Gasteiger charge is 2.11. The summed E-state index contributed by atoms with van der Waals surface area (Å²) in [4.78, 5) is 24.0. The number of esters is 1. The van der Waals surface area contributed by atoms with Gasteiger partial charge in [-0.3, -0.25) is 4.79 Å². The van der Waals surface area contributed by atoms with E-state index in [4.69, 9.17) is 0 Å². The highest BCUT2D eigenvalue weighted by Crippen LogP contribution is 2.20. The van der Waals surface area contributed by atoms with Crippen molar-refractivity contribution in [3.63, 3.8) is 0 Å². The predicted molar refractivity (Wildman–Crippen MR) is 107 cm³/mol. The van der Waals surface area contributed by atoms with Crippen molar-refractivity contribution in [1.29, 1.82) is 0 Å². The van der Waals surface area contributed by atoms with Gasteiger partial charge in [-0.2, -0.15) is 0 Å². The second kappa shape index (κ2) is 8.30. The monoisotopic (exact) mass is 376 g/mol. The van der Waals surface area contributed by atoms with Crippen LogP contribution in [-0.2, 0) is 4.74 Å². The van der Waals surface area contributed by atoms with Crippen LogP contribution in [0.1, 0.15) is 32.0 Å². The maximum Gasteiger partial charge on any atom is 0.337 e. The van der Waals surface area contributed by atoms with Crippen molar-refractivity contribution in [3.05, 3.63) is 77.0 Å². The Kier molecular flexibility index (Phi) is 5.64. The van der Waals surface area contributed by atoms with Gasteiger partial charge in [0.1, 0.15) is 0 Å². The first-order valence-electron chi connectivity index (χ1n) is 8.64. The molecule has 1 amide bonds. The SMILES string of the molecule is COC(=O)c1cccc(NC(=O)c2ccc(Nc3ccc(C)cc3C)nn2)c1. The smallest absolute Gasteiger partial charge is 0.337 e. The van der Waals surface area contributed by atoms with E-state index in [0.29, 0.717) is 17.1 Å². The number of carbonyl (C=O) groups excluding carboxylic acids is 2. The van der Waals surface area contributed by atoms with Gasteiger partial charge in [-0.1, -0.05) is 23.8 Å². The van der Waals surface area contributed by atoms with E-state index in [9.17, 15) is 9.59 Å². The Hall–Kier alpha value is -3.74. The van der Waals surface area contributed by atoms with Gasteiger partial charge in [0.05, 0.1) is 12.7 Å². The molecule has 2 aromatic carbocycles. The Morgan fingerprint density at radius 2 is 1.79 bits per heavy atom. The molecule has 0 fully saturated rings. The molecule has 2 N–H and O–H groups in total.